The number of carbonyl (C=O) groups excluding carboxylic acids is 9. The zero-order valence-electron chi connectivity index (χ0n) is 90.7. The Morgan fingerprint density at radius 2 is 0.525 bits per heavy atom. The molecule has 141 heavy (non-hydrogen) atoms. The molecular formula is C109H162F2N18O12. The Kier molecular flexibility index (Phi) is 54.7. The van der Waals surface area contributed by atoms with Crippen molar-refractivity contribution in [3.8, 4) is 17.2 Å². The van der Waals surface area contributed by atoms with Gasteiger partial charge in [0.25, 0.3) is 53.2 Å². The van der Waals surface area contributed by atoms with Crippen LogP contribution in [0.1, 0.15) is 218 Å². The first-order valence-corrected chi connectivity index (χ1v) is 46.6. The molecule has 32 heteroatoms. The van der Waals surface area contributed by atoms with E-state index in [9.17, 15) is 51.9 Å². The molecule has 12 N–H and O–H groups in total. The van der Waals surface area contributed by atoms with Crippen LogP contribution in [0.25, 0.3) is 0 Å². The summed E-state index contributed by atoms with van der Waals surface area (Å²) in [6.45, 7) is 29.8. The minimum absolute atomic E-state index is 0.0131. The number of carbonyl (C=O) groups is 9. The molecule has 30 nitrogen and oxygen atoms in total. The third-order valence-electron chi connectivity index (χ3n) is 21.2. The fraction of sp³-hybridized carbons (Fsp3) is 0.422. The van der Waals surface area contributed by atoms with Gasteiger partial charge in [0.1, 0.15) is 28.9 Å². The highest BCUT2D eigenvalue weighted by Gasteiger charge is 2.24. The normalized spacial score (nSPS) is 10.2. The number of rotatable bonds is 27. The average Bonchev–Trinajstić information content (AvgIpc) is 0.825. The molecule has 0 aliphatic heterocycles. The maximum atomic E-state index is 13.0. The van der Waals surface area contributed by atoms with E-state index in [1.54, 1.807) is 175 Å². The van der Waals surface area contributed by atoms with Gasteiger partial charge in [-0.2, -0.15) is 0 Å². The van der Waals surface area contributed by atoms with Gasteiger partial charge in [-0.15, -0.1) is 0 Å². The van der Waals surface area contributed by atoms with E-state index >= 15 is 0 Å². The van der Waals surface area contributed by atoms with E-state index in [0.29, 0.717) is 62.0 Å². The summed E-state index contributed by atoms with van der Waals surface area (Å²) >= 11 is 0. The standard InChI is InChI=1S/C16H26N2O.C14H22N2O.C13H20N2O2.2C13H20N2O.C11H16N2O2.C10H13FN2O.C10H14N2O2.C9H11FN2O/c1-7-8-18(6)15(19)12-9-13(16(2,3)4)11-14(10-12)17-5;1-14(2,3)11-7-10(13(17)16(5)6)8-12(9-11)15-4;1-5-8-15(3)13(16)11-9-10(14-2)6-7-12(11)17-4;1-13(2,3)10-6-9(12(16)15-5)7-11(8-10)14-4;1-5-6-15(4)13(16)11-7-10(2)8-12(9-11)14-3;1-12-9-5-8(11(14)13(2)3)6-10(7-9)15-4;1-12-9-5-7(4-8(11)6-9)10(14)13(2)3;1-11-8-4-7(10(13)12-2)5-9(6-8)14-3;1-11-8-4-6(9(13)12-2)3-7(10)5-8/h9-11,17H,7-8H2,1-6H3;7-9,15H,1-6H3;6-7,9,14H,5,8H2,1-4H3;6-8,14H,1-5H3,(H,15,16);7-9,14H,5-6H2,1-4H3;5-7,12H,1-4H3;4-6,12H,1-3H3;4-6,11H,1-3H3,(H,12,13);3-5,11H,1-2H3,(H,12,13). The number of hydrogen-bond acceptors (Lipinski definition) is 21. The maximum Gasteiger partial charge on any atom is 0.257 e. The van der Waals surface area contributed by atoms with Crippen LogP contribution in [0.4, 0.5) is 60.0 Å². The molecule has 0 atom stereocenters. The Labute approximate surface area is 838 Å². The fourth-order valence-electron chi connectivity index (χ4n) is 12.9. The number of hydrogen-bond donors (Lipinski definition) is 12. The predicted octanol–water partition coefficient (Wildman–Crippen LogP) is 18.7. The van der Waals surface area contributed by atoms with Crippen molar-refractivity contribution in [3.63, 3.8) is 0 Å². The van der Waals surface area contributed by atoms with Crippen LogP contribution in [0.2, 0.25) is 0 Å². The second-order valence-corrected chi connectivity index (χ2v) is 36.3. The van der Waals surface area contributed by atoms with Crippen LogP contribution in [0.5, 0.6) is 17.2 Å². The molecule has 9 aromatic carbocycles. The van der Waals surface area contributed by atoms with Gasteiger partial charge < -0.3 is 107 Å². The zero-order chi connectivity index (χ0) is 108. The van der Waals surface area contributed by atoms with Crippen LogP contribution in [0.3, 0.4) is 0 Å². The van der Waals surface area contributed by atoms with Crippen LogP contribution in [0, 0.1) is 18.6 Å². The van der Waals surface area contributed by atoms with E-state index in [-0.39, 0.29) is 69.4 Å². The van der Waals surface area contributed by atoms with Gasteiger partial charge in [-0.3, -0.25) is 43.2 Å². The number of ether oxygens (including phenoxy) is 3. The molecule has 0 aliphatic rings. The molecule has 0 radical (unpaired) electrons. The Morgan fingerprint density at radius 1 is 0.277 bits per heavy atom. The highest BCUT2D eigenvalue weighted by atomic mass is 19.1. The molecule has 0 spiro atoms. The van der Waals surface area contributed by atoms with E-state index in [4.69, 9.17) is 14.2 Å². The summed E-state index contributed by atoms with van der Waals surface area (Å²) in [5.41, 5.74) is 17.8. The number of benzene rings is 9. The van der Waals surface area contributed by atoms with E-state index in [1.807, 2.05) is 142 Å². The Hall–Kier alpha value is -14.3. The monoisotopic (exact) mass is 1950 g/mol. The molecule has 0 aliphatic carbocycles. The van der Waals surface area contributed by atoms with Gasteiger partial charge in [0, 0.05) is 275 Å². The number of methoxy groups -OCH3 is 3. The van der Waals surface area contributed by atoms with E-state index in [0.717, 1.165) is 112 Å². The van der Waals surface area contributed by atoms with Gasteiger partial charge in [0.05, 0.1) is 26.9 Å². The Morgan fingerprint density at radius 3 is 0.823 bits per heavy atom. The third-order valence-corrected chi connectivity index (χ3v) is 21.2. The third kappa shape index (κ3) is 42.9. The molecule has 9 amide bonds. The SMILES string of the molecule is CCCN(C)C(=O)c1cc(C)cc(NC)c1.CCCN(C)C(=O)c1cc(NC)cc(C(C)(C)C)c1.CCCN(C)C(=O)c1cc(NC)ccc1OC.CNC(=O)c1cc(F)cc(NC)c1.CNC(=O)c1cc(NC)cc(C(C)(C)C)c1.CNC(=O)c1cc(NC)cc(OC)c1.CNc1cc(C(=O)N(C)C)cc(C(C)(C)C)c1.CNc1cc(F)cc(C(=O)N(C)C)c1.CNc1cc(OC)cc(C(=O)N(C)C)c1. The quantitative estimate of drug-likeness (QED) is 0.0227. The number of nitrogens with zero attached hydrogens (tertiary/aromatic N) is 6. The van der Waals surface area contributed by atoms with Gasteiger partial charge in [0.2, 0.25) is 0 Å². The number of nitrogens with one attached hydrogen (secondary N) is 12. The van der Waals surface area contributed by atoms with Crippen LogP contribution >= 0.6 is 0 Å². The summed E-state index contributed by atoms with van der Waals surface area (Å²) in [6, 6.07) is 48.1. The molecule has 9 rings (SSSR count). The summed E-state index contributed by atoms with van der Waals surface area (Å²) in [5.74, 6) is 0.581. The van der Waals surface area contributed by atoms with Gasteiger partial charge in [-0.25, -0.2) is 8.78 Å². The molecule has 9 aromatic rings. The minimum Gasteiger partial charge on any atom is -0.497 e. The number of amides is 9. The lowest BCUT2D eigenvalue weighted by atomic mass is 9.85. The molecule has 0 unspecified atom stereocenters. The molecule has 0 aromatic heterocycles. The largest absolute Gasteiger partial charge is 0.497 e. The fourth-order valence-corrected chi connectivity index (χ4v) is 12.9. The van der Waals surface area contributed by atoms with E-state index in [1.165, 1.54) is 46.7 Å². The lowest BCUT2D eigenvalue weighted by Gasteiger charge is -2.23. The number of anilines is 9. The molecule has 0 saturated heterocycles. The first-order valence-electron chi connectivity index (χ1n) is 46.6. The van der Waals surface area contributed by atoms with Crippen LogP contribution < -0.4 is 78.0 Å². The van der Waals surface area contributed by atoms with Gasteiger partial charge >= 0.3 is 0 Å². The summed E-state index contributed by atoms with van der Waals surface area (Å²) in [4.78, 5) is 116. The molecule has 0 bridgehead atoms. The predicted molar refractivity (Wildman–Crippen MR) is 580 cm³/mol. The maximum absolute atomic E-state index is 13.0. The summed E-state index contributed by atoms with van der Waals surface area (Å²) < 4.78 is 41.3. The van der Waals surface area contributed by atoms with Crippen molar-refractivity contribution in [3.05, 3.63) is 248 Å². The van der Waals surface area contributed by atoms with E-state index in [2.05, 4.69) is 158 Å². The Balaban J connectivity index is 0.000000795. The van der Waals surface area contributed by atoms with Crippen LogP contribution in [-0.2, 0) is 16.2 Å². The Bertz CT molecular complexity index is 5470. The topological polar surface area (TPSA) is 345 Å². The summed E-state index contributed by atoms with van der Waals surface area (Å²) in [5, 5.41) is 34.5. The van der Waals surface area contributed by atoms with Crippen molar-refractivity contribution in [1.82, 2.24) is 45.3 Å². The molecule has 0 fully saturated rings. The lowest BCUT2D eigenvalue weighted by Crippen LogP contribution is -2.28. The summed E-state index contributed by atoms with van der Waals surface area (Å²) in [6.07, 6.45) is 2.89. The van der Waals surface area contributed by atoms with Crippen molar-refractivity contribution < 1.29 is 66.1 Å². The van der Waals surface area contributed by atoms with Crippen molar-refractivity contribution in [2.24, 2.45) is 0 Å². The molecule has 774 valence electrons. The first-order chi connectivity index (χ1) is 66.1. The van der Waals surface area contributed by atoms with Gasteiger partial charge in [0.15, 0.2) is 0 Å². The number of aryl methyl sites for hydroxylation is 1. The zero-order valence-corrected chi connectivity index (χ0v) is 90.7. The first kappa shape index (κ1) is 125. The highest BCUT2D eigenvalue weighted by Crippen LogP contribution is 2.32. The molecular weight excluding hydrogens is 1790 g/mol. The highest BCUT2D eigenvalue weighted by molar-refractivity contribution is 6.01. The minimum atomic E-state index is -0.426. The van der Waals surface area contributed by atoms with E-state index < -0.39 is 11.6 Å². The second-order valence-electron chi connectivity index (χ2n) is 36.3. The lowest BCUT2D eigenvalue weighted by molar-refractivity contribution is 0.0785. The second kappa shape index (κ2) is 61.9. The average molecular weight is 1950 g/mol. The van der Waals surface area contributed by atoms with Crippen molar-refractivity contribution in [1.29, 1.82) is 0 Å². The van der Waals surface area contributed by atoms with Gasteiger partial charge in [-0.1, -0.05) is 83.1 Å². The number of halogens is 2. The molecule has 0 heterocycles. The van der Waals surface area contributed by atoms with Gasteiger partial charge in [-0.05, 0) is 216 Å². The van der Waals surface area contributed by atoms with Crippen molar-refractivity contribution in [2.75, 3.05) is 237 Å². The smallest absolute Gasteiger partial charge is 0.257 e. The van der Waals surface area contributed by atoms with Crippen molar-refractivity contribution >= 4 is 104 Å². The summed E-state index contributed by atoms with van der Waals surface area (Å²) in [7, 11) is 41.5. The van der Waals surface area contributed by atoms with Crippen molar-refractivity contribution in [2.45, 2.75) is 126 Å². The molecule has 0 saturated carbocycles. The van der Waals surface area contributed by atoms with Crippen LogP contribution in [0.15, 0.2) is 164 Å². The van der Waals surface area contributed by atoms with Crippen LogP contribution in [-0.4, -0.2) is 272 Å².